The van der Waals surface area contributed by atoms with Crippen LogP contribution in [0.25, 0.3) is 0 Å². The number of aliphatic carboxylic acids is 1. The number of H-pyrrole nitrogens is 1. The molecule has 0 aliphatic carbocycles. The highest BCUT2D eigenvalue weighted by molar-refractivity contribution is 5.92. The number of hydrogen-bond donors (Lipinski definition) is 8. The molecule has 11 N–H and O–H groups in total. The van der Waals surface area contributed by atoms with E-state index < -0.39 is 48.4 Å². The summed E-state index contributed by atoms with van der Waals surface area (Å²) in [5.74, 6) is -3.30. The maximum absolute atomic E-state index is 12.7. The molecule has 0 bridgehead atoms. The number of aromatic amines is 1. The molecular weight excluding hydrogens is 446 g/mol. The highest BCUT2D eigenvalue weighted by Crippen LogP contribution is 2.09. The van der Waals surface area contributed by atoms with Gasteiger partial charge >= 0.3 is 5.97 Å². The van der Waals surface area contributed by atoms with Crippen LogP contribution in [0.3, 0.4) is 0 Å². The molecule has 0 radical (unpaired) electrons. The maximum Gasteiger partial charge on any atom is 0.326 e. The summed E-state index contributed by atoms with van der Waals surface area (Å²) in [6.07, 6.45) is 4.23. The predicted molar refractivity (Wildman–Crippen MR) is 124 cm³/mol. The number of nitrogens with one attached hydrogen (secondary N) is 4. The van der Waals surface area contributed by atoms with Gasteiger partial charge in [-0.15, -0.1) is 0 Å². The fourth-order valence-corrected chi connectivity index (χ4v) is 2.95. The molecule has 14 nitrogen and oxygen atoms in total. The Morgan fingerprint density at radius 2 is 1.91 bits per heavy atom. The van der Waals surface area contributed by atoms with Gasteiger partial charge in [-0.3, -0.25) is 19.4 Å². The third-order valence-electron chi connectivity index (χ3n) is 5.13. The first-order chi connectivity index (χ1) is 16.0. The molecule has 1 rings (SSSR count). The molecule has 0 aliphatic rings. The monoisotopic (exact) mass is 481 g/mol. The second kappa shape index (κ2) is 14.5. The van der Waals surface area contributed by atoms with Gasteiger partial charge in [0, 0.05) is 24.9 Å². The lowest BCUT2D eigenvalue weighted by molar-refractivity contribution is -0.141. The van der Waals surface area contributed by atoms with Gasteiger partial charge in [0.15, 0.2) is 5.96 Å². The molecule has 4 atom stereocenters. The Balaban J connectivity index is 2.62. The zero-order valence-electron chi connectivity index (χ0n) is 19.4. The largest absolute Gasteiger partial charge is 0.480 e. The van der Waals surface area contributed by atoms with Crippen LogP contribution in [-0.2, 0) is 25.6 Å². The van der Waals surface area contributed by atoms with Crippen molar-refractivity contribution in [1.29, 1.82) is 0 Å². The first-order valence-electron chi connectivity index (χ1n) is 10.9. The van der Waals surface area contributed by atoms with Crippen LogP contribution < -0.4 is 33.2 Å². The summed E-state index contributed by atoms with van der Waals surface area (Å²) in [4.78, 5) is 59.2. The molecule has 0 aromatic carbocycles. The van der Waals surface area contributed by atoms with Gasteiger partial charge in [-0.05, 0) is 18.8 Å². The number of rotatable bonds is 15. The summed E-state index contributed by atoms with van der Waals surface area (Å²) in [5, 5.41) is 16.8. The van der Waals surface area contributed by atoms with Crippen LogP contribution in [0.15, 0.2) is 17.5 Å². The number of nitrogens with two attached hydrogens (primary N) is 3. The van der Waals surface area contributed by atoms with Crippen LogP contribution in [0, 0.1) is 5.92 Å². The van der Waals surface area contributed by atoms with E-state index in [-0.39, 0.29) is 18.3 Å². The number of aliphatic imine (C=N–C) groups is 1. The maximum atomic E-state index is 12.7. The third-order valence-corrected chi connectivity index (χ3v) is 5.13. The van der Waals surface area contributed by atoms with E-state index in [4.69, 9.17) is 17.2 Å². The molecule has 1 aromatic rings. The fourth-order valence-electron chi connectivity index (χ4n) is 2.95. The van der Waals surface area contributed by atoms with E-state index in [0.29, 0.717) is 31.5 Å². The lowest BCUT2D eigenvalue weighted by atomic mass is 9.97. The number of carbonyl (C=O) groups is 4. The molecule has 3 amide bonds. The Morgan fingerprint density at radius 3 is 2.47 bits per heavy atom. The van der Waals surface area contributed by atoms with Gasteiger partial charge in [0.2, 0.25) is 17.7 Å². The Hall–Kier alpha value is -3.68. The molecule has 1 heterocycles. The summed E-state index contributed by atoms with van der Waals surface area (Å²) in [7, 11) is 0. The highest BCUT2D eigenvalue weighted by atomic mass is 16.4. The Labute approximate surface area is 197 Å². The van der Waals surface area contributed by atoms with Crippen molar-refractivity contribution in [3.05, 3.63) is 18.2 Å². The van der Waals surface area contributed by atoms with E-state index in [1.54, 1.807) is 6.92 Å². The first kappa shape index (κ1) is 28.4. The lowest BCUT2D eigenvalue weighted by Gasteiger charge is -2.25. The van der Waals surface area contributed by atoms with Gasteiger partial charge in [0.1, 0.15) is 12.1 Å². The van der Waals surface area contributed by atoms with E-state index >= 15 is 0 Å². The average molecular weight is 482 g/mol. The van der Waals surface area contributed by atoms with Gasteiger partial charge in [-0.25, -0.2) is 9.78 Å². The molecule has 0 saturated heterocycles. The number of carboxylic acid groups (broad SMARTS) is 1. The Morgan fingerprint density at radius 1 is 1.21 bits per heavy atom. The van der Waals surface area contributed by atoms with E-state index in [2.05, 4.69) is 30.9 Å². The van der Waals surface area contributed by atoms with E-state index in [1.807, 2.05) is 6.92 Å². The van der Waals surface area contributed by atoms with Crippen LogP contribution in [0.1, 0.15) is 38.8 Å². The molecule has 0 fully saturated rings. The summed E-state index contributed by atoms with van der Waals surface area (Å²) in [6.45, 7) is 3.50. The minimum atomic E-state index is -1.23. The highest BCUT2D eigenvalue weighted by Gasteiger charge is 2.28. The van der Waals surface area contributed by atoms with Crippen molar-refractivity contribution in [2.75, 3.05) is 13.1 Å². The number of hydrogen-bond acceptors (Lipinski definition) is 7. The average Bonchev–Trinajstić information content (AvgIpc) is 3.30. The molecule has 14 heteroatoms. The van der Waals surface area contributed by atoms with E-state index in [0.717, 1.165) is 0 Å². The quantitative estimate of drug-likeness (QED) is 0.0751. The zero-order valence-corrected chi connectivity index (χ0v) is 19.4. The van der Waals surface area contributed by atoms with Crippen LogP contribution >= 0.6 is 0 Å². The number of imidazole rings is 1. The molecule has 34 heavy (non-hydrogen) atoms. The van der Waals surface area contributed by atoms with Gasteiger partial charge in [-0.1, -0.05) is 20.3 Å². The Bertz CT molecular complexity index is 839. The van der Waals surface area contributed by atoms with E-state index in [1.165, 1.54) is 12.5 Å². The van der Waals surface area contributed by atoms with Crippen molar-refractivity contribution in [3.8, 4) is 0 Å². The van der Waals surface area contributed by atoms with E-state index in [9.17, 15) is 24.3 Å². The van der Waals surface area contributed by atoms with Gasteiger partial charge in [0.05, 0.1) is 18.9 Å². The zero-order chi connectivity index (χ0) is 25.7. The van der Waals surface area contributed by atoms with Crippen molar-refractivity contribution < 1.29 is 24.3 Å². The number of carbonyl (C=O) groups excluding carboxylic acids is 3. The molecule has 0 spiro atoms. The van der Waals surface area contributed by atoms with Crippen molar-refractivity contribution in [2.24, 2.45) is 28.1 Å². The second-order valence-corrected chi connectivity index (χ2v) is 7.88. The fraction of sp³-hybridized carbons (Fsp3) is 0.600. The summed E-state index contributed by atoms with van der Waals surface area (Å²) >= 11 is 0. The number of carboxylic acids is 1. The first-order valence-corrected chi connectivity index (χ1v) is 10.9. The molecule has 0 aliphatic heterocycles. The lowest BCUT2D eigenvalue weighted by Crippen LogP contribution is -2.55. The van der Waals surface area contributed by atoms with Crippen molar-refractivity contribution >= 4 is 29.7 Å². The molecule has 4 unspecified atom stereocenters. The molecular formula is C20H35N9O5. The van der Waals surface area contributed by atoms with Gasteiger partial charge < -0.3 is 43.2 Å². The third kappa shape index (κ3) is 10.3. The van der Waals surface area contributed by atoms with Crippen LogP contribution in [0.2, 0.25) is 0 Å². The molecule has 1 aromatic heterocycles. The van der Waals surface area contributed by atoms with Crippen LogP contribution in [0.5, 0.6) is 0 Å². The topological polar surface area (TPSA) is 244 Å². The van der Waals surface area contributed by atoms with Gasteiger partial charge in [-0.2, -0.15) is 0 Å². The number of nitrogens with zero attached hydrogens (tertiary/aromatic N) is 2. The number of amides is 3. The van der Waals surface area contributed by atoms with Crippen molar-refractivity contribution in [1.82, 2.24) is 25.9 Å². The van der Waals surface area contributed by atoms with Gasteiger partial charge in [0.25, 0.3) is 0 Å². The summed E-state index contributed by atoms with van der Waals surface area (Å²) < 4.78 is 0. The summed E-state index contributed by atoms with van der Waals surface area (Å²) in [5.41, 5.74) is 16.9. The minimum absolute atomic E-state index is 0.00163. The smallest absolute Gasteiger partial charge is 0.326 e. The van der Waals surface area contributed by atoms with Crippen LogP contribution in [0.4, 0.5) is 0 Å². The summed E-state index contributed by atoms with van der Waals surface area (Å²) in [6, 6.07) is -2.99. The minimum Gasteiger partial charge on any atom is -0.480 e. The van der Waals surface area contributed by atoms with Crippen molar-refractivity contribution in [3.63, 3.8) is 0 Å². The number of aromatic nitrogens is 2. The Kier molecular flexibility index (Phi) is 12.1. The normalized spacial score (nSPS) is 14.2. The van der Waals surface area contributed by atoms with Crippen LogP contribution in [-0.4, -0.2) is 75.9 Å². The SMILES string of the molecule is CCC(C)C(NC(=O)C(N)CCCN=C(N)N)C(=O)NCC(=O)NC(Cc1cnc[nH]1)C(=O)O. The molecule has 190 valence electrons. The molecule has 0 saturated carbocycles. The standard InChI is InChI=1S/C20H35N9O5/c1-3-11(2)16(29-17(31)13(21)5-4-6-25-20(22)23)18(32)26-9-15(30)28-14(19(33)34)7-12-8-24-10-27-12/h8,10-11,13-14,16H,3-7,9,21H2,1-2H3,(H,24,27)(H,26,32)(H,28,30)(H,29,31)(H,33,34)(H4,22,23,25). The second-order valence-electron chi connectivity index (χ2n) is 7.88. The number of guanidine groups is 1. The van der Waals surface area contributed by atoms with Crippen molar-refractivity contribution in [2.45, 2.75) is 57.7 Å². The predicted octanol–water partition coefficient (Wildman–Crippen LogP) is -2.45.